The first-order valence-electron chi connectivity index (χ1n) is 9.65. The maximum absolute atomic E-state index is 9.80. The van der Waals surface area contributed by atoms with Crippen molar-refractivity contribution >= 4 is 17.7 Å². The van der Waals surface area contributed by atoms with Crippen LogP contribution in [0.2, 0.25) is 5.02 Å². The number of nitrogens with two attached hydrogens (primary N) is 1. The third-order valence-corrected chi connectivity index (χ3v) is 5.65. The molecule has 2 aliphatic rings. The van der Waals surface area contributed by atoms with Crippen LogP contribution in [0.25, 0.3) is 6.08 Å². The second kappa shape index (κ2) is 8.16. The van der Waals surface area contributed by atoms with E-state index in [4.69, 9.17) is 22.1 Å². The average molecular weight is 404 g/mol. The highest BCUT2D eigenvalue weighted by Crippen LogP contribution is 2.43. The third-order valence-electron chi connectivity index (χ3n) is 5.40. The van der Waals surface area contributed by atoms with E-state index in [9.17, 15) is 5.26 Å². The summed E-state index contributed by atoms with van der Waals surface area (Å²) < 4.78 is 6.04. The van der Waals surface area contributed by atoms with Crippen LogP contribution in [-0.4, -0.2) is 24.5 Å². The first-order valence-corrected chi connectivity index (χ1v) is 10.0. The Morgan fingerprint density at radius 1 is 1.17 bits per heavy atom. The molecule has 2 aromatic carbocycles. The van der Waals surface area contributed by atoms with Crippen LogP contribution in [-0.2, 0) is 4.74 Å². The van der Waals surface area contributed by atoms with Gasteiger partial charge in [0.05, 0.1) is 5.92 Å². The molecule has 0 spiro atoms. The van der Waals surface area contributed by atoms with Crippen molar-refractivity contribution in [2.24, 2.45) is 5.73 Å². The molecule has 29 heavy (non-hydrogen) atoms. The lowest BCUT2D eigenvalue weighted by Gasteiger charge is -2.38. The average Bonchev–Trinajstić information content (AvgIpc) is 2.75. The van der Waals surface area contributed by atoms with Crippen LogP contribution in [0.3, 0.4) is 0 Å². The molecule has 2 heterocycles. The van der Waals surface area contributed by atoms with Gasteiger partial charge in [0.25, 0.3) is 0 Å². The van der Waals surface area contributed by atoms with Crippen molar-refractivity contribution in [3.8, 4) is 6.07 Å². The van der Waals surface area contributed by atoms with E-state index in [1.54, 1.807) is 0 Å². The second-order valence-electron chi connectivity index (χ2n) is 7.21. The maximum Gasteiger partial charge on any atom is 0.205 e. The summed E-state index contributed by atoms with van der Waals surface area (Å²) in [5, 5.41) is 10.5. The number of nitriles is 1. The second-order valence-corrected chi connectivity index (χ2v) is 7.65. The van der Waals surface area contributed by atoms with Gasteiger partial charge in [0, 0.05) is 23.7 Å². The van der Waals surface area contributed by atoms with Gasteiger partial charge in [0.1, 0.15) is 17.4 Å². The SMILES string of the molecule is CCN1CC2=C(OC(N)=C(C#N)[C@H]2c2ccccc2)/C(=C/c2ccc(Cl)cc2)C1. The molecule has 146 valence electrons. The zero-order chi connectivity index (χ0) is 20.4. The van der Waals surface area contributed by atoms with Crippen molar-refractivity contribution in [3.63, 3.8) is 0 Å². The lowest BCUT2D eigenvalue weighted by atomic mass is 9.80. The number of ether oxygens (including phenoxy) is 1. The summed E-state index contributed by atoms with van der Waals surface area (Å²) in [4.78, 5) is 2.34. The minimum atomic E-state index is -0.201. The predicted molar refractivity (Wildman–Crippen MR) is 116 cm³/mol. The molecular formula is C24H22ClN3O. The maximum atomic E-state index is 9.80. The van der Waals surface area contributed by atoms with Crippen molar-refractivity contribution in [1.29, 1.82) is 5.26 Å². The molecule has 5 heteroatoms. The number of rotatable bonds is 3. The van der Waals surface area contributed by atoms with Gasteiger partial charge >= 0.3 is 0 Å². The summed E-state index contributed by atoms with van der Waals surface area (Å²) in [6.45, 7) is 4.54. The lowest BCUT2D eigenvalue weighted by molar-refractivity contribution is 0.239. The third kappa shape index (κ3) is 3.80. The Labute approximate surface area is 176 Å². The van der Waals surface area contributed by atoms with Crippen LogP contribution in [0.15, 0.2) is 83.0 Å². The van der Waals surface area contributed by atoms with Crippen LogP contribution < -0.4 is 5.73 Å². The molecule has 0 radical (unpaired) electrons. The highest BCUT2D eigenvalue weighted by atomic mass is 35.5. The molecule has 0 fully saturated rings. The summed E-state index contributed by atoms with van der Waals surface area (Å²) in [6, 6.07) is 20.0. The quantitative estimate of drug-likeness (QED) is 0.797. The van der Waals surface area contributed by atoms with Crippen LogP contribution in [0, 0.1) is 11.3 Å². The van der Waals surface area contributed by atoms with Gasteiger partial charge in [-0.2, -0.15) is 5.26 Å². The highest BCUT2D eigenvalue weighted by molar-refractivity contribution is 6.30. The van der Waals surface area contributed by atoms with Gasteiger partial charge in [-0.15, -0.1) is 0 Å². The van der Waals surface area contributed by atoms with E-state index in [0.717, 1.165) is 47.7 Å². The van der Waals surface area contributed by atoms with Crippen LogP contribution in [0.5, 0.6) is 0 Å². The van der Waals surface area contributed by atoms with E-state index in [0.29, 0.717) is 10.6 Å². The molecule has 4 rings (SSSR count). The molecule has 2 aliphatic heterocycles. The lowest BCUT2D eigenvalue weighted by Crippen LogP contribution is -2.38. The molecule has 0 amide bonds. The monoisotopic (exact) mass is 403 g/mol. The summed E-state index contributed by atoms with van der Waals surface area (Å²) in [5.74, 6) is 0.773. The molecule has 0 saturated heterocycles. The number of hydrogen-bond donors (Lipinski definition) is 1. The number of allylic oxidation sites excluding steroid dienone is 1. The van der Waals surface area contributed by atoms with Crippen molar-refractivity contribution in [3.05, 3.63) is 99.1 Å². The molecule has 1 atom stereocenters. The van der Waals surface area contributed by atoms with Gasteiger partial charge in [-0.1, -0.05) is 61.0 Å². The molecule has 2 N–H and O–H groups in total. The fraction of sp³-hybridized carbons (Fsp3) is 0.208. The minimum Gasteiger partial charge on any atom is -0.440 e. The van der Waals surface area contributed by atoms with Gasteiger partial charge in [-0.25, -0.2) is 0 Å². The number of hydrogen-bond acceptors (Lipinski definition) is 4. The fourth-order valence-electron chi connectivity index (χ4n) is 3.95. The molecule has 0 aliphatic carbocycles. The van der Waals surface area contributed by atoms with Crippen molar-refractivity contribution in [2.75, 3.05) is 19.6 Å². The summed E-state index contributed by atoms with van der Waals surface area (Å²) in [6.07, 6.45) is 2.11. The van der Waals surface area contributed by atoms with E-state index in [1.807, 2.05) is 54.6 Å². The molecule has 0 aromatic heterocycles. The first-order chi connectivity index (χ1) is 14.1. The number of halogens is 1. The van der Waals surface area contributed by atoms with Gasteiger partial charge in [-0.05, 0) is 41.5 Å². The Kier molecular flexibility index (Phi) is 5.44. The Bertz CT molecular complexity index is 1050. The minimum absolute atomic E-state index is 0.187. The molecule has 0 unspecified atom stereocenters. The van der Waals surface area contributed by atoms with E-state index in [2.05, 4.69) is 24.0 Å². The summed E-state index contributed by atoms with van der Waals surface area (Å²) >= 11 is 6.03. The van der Waals surface area contributed by atoms with Crippen LogP contribution >= 0.6 is 11.6 Å². The normalized spacial score (nSPS) is 21.0. The zero-order valence-electron chi connectivity index (χ0n) is 16.2. The van der Waals surface area contributed by atoms with Gasteiger partial charge in [-0.3, -0.25) is 4.90 Å². The van der Waals surface area contributed by atoms with Gasteiger partial charge in [0.15, 0.2) is 0 Å². The standard InChI is InChI=1S/C24H22ClN3O/c1-2-28-14-18(12-16-8-10-19(25)11-9-16)23-21(15-28)22(17-6-4-3-5-7-17)20(13-26)24(27)29-23/h3-12,22H,2,14-15,27H2,1H3/b18-12+/t22-/m1/s1. The Balaban J connectivity index is 1.86. The largest absolute Gasteiger partial charge is 0.440 e. The van der Waals surface area contributed by atoms with Crippen molar-refractivity contribution in [1.82, 2.24) is 4.90 Å². The van der Waals surface area contributed by atoms with Gasteiger partial charge in [0.2, 0.25) is 5.88 Å². The van der Waals surface area contributed by atoms with Crippen LogP contribution in [0.4, 0.5) is 0 Å². The Morgan fingerprint density at radius 2 is 1.90 bits per heavy atom. The van der Waals surface area contributed by atoms with E-state index in [1.165, 1.54) is 0 Å². The molecular weight excluding hydrogens is 382 g/mol. The van der Waals surface area contributed by atoms with Crippen LogP contribution in [0.1, 0.15) is 24.0 Å². The molecule has 0 bridgehead atoms. The Morgan fingerprint density at radius 3 is 2.55 bits per heavy atom. The number of benzene rings is 2. The number of likely N-dealkylation sites (N-methyl/N-ethyl adjacent to an activating group) is 1. The van der Waals surface area contributed by atoms with E-state index in [-0.39, 0.29) is 11.8 Å². The predicted octanol–water partition coefficient (Wildman–Crippen LogP) is 4.82. The molecule has 4 nitrogen and oxygen atoms in total. The zero-order valence-corrected chi connectivity index (χ0v) is 17.0. The number of nitrogens with zero attached hydrogens (tertiary/aromatic N) is 2. The first kappa shape index (κ1) is 19.3. The van der Waals surface area contributed by atoms with E-state index >= 15 is 0 Å². The summed E-state index contributed by atoms with van der Waals surface area (Å²) in [5.41, 5.74) is 10.9. The Hall–Kier alpha value is -3.00. The van der Waals surface area contributed by atoms with Gasteiger partial charge < -0.3 is 10.5 Å². The van der Waals surface area contributed by atoms with Crippen molar-refractivity contribution < 1.29 is 4.74 Å². The van der Waals surface area contributed by atoms with Crippen molar-refractivity contribution in [2.45, 2.75) is 12.8 Å². The summed E-state index contributed by atoms with van der Waals surface area (Å²) in [7, 11) is 0. The highest BCUT2D eigenvalue weighted by Gasteiger charge is 2.37. The molecule has 0 saturated carbocycles. The topological polar surface area (TPSA) is 62.3 Å². The molecule has 2 aromatic rings. The van der Waals surface area contributed by atoms with E-state index < -0.39 is 0 Å². The smallest absolute Gasteiger partial charge is 0.205 e. The fourth-order valence-corrected chi connectivity index (χ4v) is 4.08.